The van der Waals surface area contributed by atoms with Crippen molar-refractivity contribution in [3.63, 3.8) is 0 Å². The molecular formula is C14H19F3N2O3S. The van der Waals surface area contributed by atoms with E-state index < -0.39 is 22.1 Å². The van der Waals surface area contributed by atoms with Gasteiger partial charge in [-0.2, -0.15) is 0 Å². The first kappa shape index (κ1) is 18.0. The van der Waals surface area contributed by atoms with Gasteiger partial charge in [0.25, 0.3) is 0 Å². The molecule has 0 amide bonds. The summed E-state index contributed by atoms with van der Waals surface area (Å²) in [5.74, 6) is -0.453. The van der Waals surface area contributed by atoms with Gasteiger partial charge in [-0.3, -0.25) is 0 Å². The van der Waals surface area contributed by atoms with Crippen LogP contribution >= 0.6 is 0 Å². The van der Waals surface area contributed by atoms with E-state index in [2.05, 4.69) is 14.4 Å². The number of ether oxygens (including phenoxy) is 1. The molecule has 2 rings (SSSR count). The Labute approximate surface area is 133 Å². The van der Waals surface area contributed by atoms with Crippen LogP contribution < -0.4 is 9.46 Å². The van der Waals surface area contributed by atoms with Crippen LogP contribution in [-0.4, -0.2) is 45.4 Å². The third-order valence-corrected chi connectivity index (χ3v) is 5.18. The highest BCUT2D eigenvalue weighted by Gasteiger charge is 2.31. The fourth-order valence-corrected chi connectivity index (χ4v) is 3.81. The molecule has 0 saturated carbocycles. The normalized spacial score (nSPS) is 20.4. The number of nitrogens with one attached hydrogen (secondary N) is 1. The number of hydrogen-bond acceptors (Lipinski definition) is 4. The van der Waals surface area contributed by atoms with Gasteiger partial charge in [-0.1, -0.05) is 6.92 Å². The topological polar surface area (TPSA) is 58.6 Å². The molecule has 23 heavy (non-hydrogen) atoms. The van der Waals surface area contributed by atoms with Crippen molar-refractivity contribution in [2.24, 2.45) is 0 Å². The summed E-state index contributed by atoms with van der Waals surface area (Å²) in [6, 6.07) is 3.98. The second kappa shape index (κ2) is 7.06. The number of likely N-dealkylation sites (tertiary alicyclic amines) is 1. The number of alkyl halides is 3. The Balaban J connectivity index is 2.04. The lowest BCUT2D eigenvalue weighted by atomic mass is 10.1. The molecule has 0 aromatic heterocycles. The lowest BCUT2D eigenvalue weighted by molar-refractivity contribution is -0.274. The minimum Gasteiger partial charge on any atom is -0.406 e. The summed E-state index contributed by atoms with van der Waals surface area (Å²) in [5, 5.41) is 0. The molecule has 1 heterocycles. The average molecular weight is 352 g/mol. The van der Waals surface area contributed by atoms with Crippen LogP contribution in [-0.2, 0) is 10.0 Å². The van der Waals surface area contributed by atoms with Crippen molar-refractivity contribution in [1.29, 1.82) is 0 Å². The van der Waals surface area contributed by atoms with Gasteiger partial charge < -0.3 is 9.64 Å². The molecule has 1 aliphatic rings. The van der Waals surface area contributed by atoms with Gasteiger partial charge >= 0.3 is 6.36 Å². The van der Waals surface area contributed by atoms with Gasteiger partial charge in [-0.15, -0.1) is 13.2 Å². The first-order valence-electron chi connectivity index (χ1n) is 7.30. The summed E-state index contributed by atoms with van der Waals surface area (Å²) in [4.78, 5) is 2.07. The van der Waals surface area contributed by atoms with Crippen molar-refractivity contribution < 1.29 is 26.3 Å². The fraction of sp³-hybridized carbons (Fsp3) is 0.571. The molecule has 0 spiro atoms. The molecule has 0 aliphatic carbocycles. The third kappa shape index (κ3) is 5.36. The van der Waals surface area contributed by atoms with Crippen molar-refractivity contribution in [3.05, 3.63) is 24.3 Å². The van der Waals surface area contributed by atoms with Crippen LogP contribution in [0.25, 0.3) is 0 Å². The van der Waals surface area contributed by atoms with E-state index in [9.17, 15) is 21.6 Å². The van der Waals surface area contributed by atoms with Crippen molar-refractivity contribution in [2.45, 2.75) is 37.1 Å². The first-order valence-corrected chi connectivity index (χ1v) is 8.78. The van der Waals surface area contributed by atoms with E-state index in [0.717, 1.165) is 50.2 Å². The number of hydrogen-bond donors (Lipinski definition) is 1. The van der Waals surface area contributed by atoms with Crippen molar-refractivity contribution in [3.8, 4) is 5.75 Å². The average Bonchev–Trinajstić information content (AvgIpc) is 2.46. The SMILES string of the molecule is CCN1CCC[C@@H](NS(=O)(=O)c2ccc(OC(F)(F)F)cc2)C1. The predicted octanol–water partition coefficient (Wildman–Crippen LogP) is 2.35. The van der Waals surface area contributed by atoms with Gasteiger partial charge in [-0.25, -0.2) is 13.1 Å². The number of likely N-dealkylation sites (N-methyl/N-ethyl adjacent to an activating group) is 1. The molecule has 1 saturated heterocycles. The van der Waals surface area contributed by atoms with Gasteiger partial charge in [0.1, 0.15) is 5.75 Å². The Hall–Kier alpha value is -1.32. The van der Waals surface area contributed by atoms with Gasteiger partial charge in [-0.05, 0) is 50.2 Å². The van der Waals surface area contributed by atoms with E-state index >= 15 is 0 Å². The minimum atomic E-state index is -4.80. The maximum atomic E-state index is 12.3. The van der Waals surface area contributed by atoms with E-state index in [-0.39, 0.29) is 10.9 Å². The van der Waals surface area contributed by atoms with E-state index in [0.29, 0.717) is 6.54 Å². The fourth-order valence-electron chi connectivity index (χ4n) is 2.55. The smallest absolute Gasteiger partial charge is 0.406 e. The van der Waals surface area contributed by atoms with Crippen LogP contribution in [0.3, 0.4) is 0 Å². The van der Waals surface area contributed by atoms with Gasteiger partial charge in [0, 0.05) is 12.6 Å². The number of sulfonamides is 1. The summed E-state index contributed by atoms with van der Waals surface area (Å²) >= 11 is 0. The van der Waals surface area contributed by atoms with Crippen molar-refractivity contribution in [2.75, 3.05) is 19.6 Å². The summed E-state index contributed by atoms with van der Waals surface area (Å²) in [6.07, 6.45) is -3.16. The summed E-state index contributed by atoms with van der Waals surface area (Å²) in [5.41, 5.74) is 0. The first-order chi connectivity index (χ1) is 10.7. The highest BCUT2D eigenvalue weighted by molar-refractivity contribution is 7.89. The number of halogens is 3. The molecule has 0 unspecified atom stereocenters. The third-order valence-electron chi connectivity index (χ3n) is 3.64. The number of nitrogens with zero attached hydrogens (tertiary/aromatic N) is 1. The zero-order valence-electron chi connectivity index (χ0n) is 12.6. The summed E-state index contributed by atoms with van der Waals surface area (Å²) in [7, 11) is -3.77. The molecule has 1 aliphatic heterocycles. The maximum absolute atomic E-state index is 12.3. The van der Waals surface area contributed by atoms with E-state index in [1.165, 1.54) is 0 Å². The van der Waals surface area contributed by atoms with Crippen molar-refractivity contribution in [1.82, 2.24) is 9.62 Å². The Morgan fingerprint density at radius 1 is 1.30 bits per heavy atom. The van der Waals surface area contributed by atoms with Crippen LogP contribution in [0.1, 0.15) is 19.8 Å². The highest BCUT2D eigenvalue weighted by Crippen LogP contribution is 2.24. The molecule has 1 fully saturated rings. The molecule has 0 radical (unpaired) electrons. The lowest BCUT2D eigenvalue weighted by Crippen LogP contribution is -2.47. The molecule has 1 atom stereocenters. The standard InChI is InChI=1S/C14H19F3N2O3S/c1-2-19-9-3-4-11(10-19)18-23(20,21)13-7-5-12(6-8-13)22-14(15,16)17/h5-8,11,18H,2-4,9-10H2,1H3/t11-/m1/s1. The zero-order valence-corrected chi connectivity index (χ0v) is 13.5. The summed E-state index contributed by atoms with van der Waals surface area (Å²) in [6.45, 7) is 4.43. The Morgan fingerprint density at radius 3 is 2.52 bits per heavy atom. The Morgan fingerprint density at radius 2 is 1.96 bits per heavy atom. The number of rotatable bonds is 5. The maximum Gasteiger partial charge on any atom is 0.573 e. The largest absolute Gasteiger partial charge is 0.573 e. The minimum absolute atomic E-state index is 0.0827. The molecular weight excluding hydrogens is 333 g/mol. The van der Waals surface area contributed by atoms with E-state index in [4.69, 9.17) is 0 Å². The van der Waals surface area contributed by atoms with Crippen LogP contribution in [0, 0.1) is 0 Å². The number of piperidine rings is 1. The van der Waals surface area contributed by atoms with Crippen molar-refractivity contribution >= 4 is 10.0 Å². The van der Waals surface area contributed by atoms with E-state index in [1.807, 2.05) is 6.92 Å². The second-order valence-corrected chi connectivity index (χ2v) is 7.09. The van der Waals surface area contributed by atoms with Gasteiger partial charge in [0.15, 0.2) is 0 Å². The molecule has 0 bridgehead atoms. The molecule has 1 aromatic rings. The van der Waals surface area contributed by atoms with Crippen LogP contribution in [0.2, 0.25) is 0 Å². The van der Waals surface area contributed by atoms with Crippen LogP contribution in [0.15, 0.2) is 29.2 Å². The lowest BCUT2D eigenvalue weighted by Gasteiger charge is -2.32. The quantitative estimate of drug-likeness (QED) is 0.884. The van der Waals surface area contributed by atoms with Gasteiger partial charge in [0.2, 0.25) is 10.0 Å². The zero-order chi connectivity index (χ0) is 17.1. The molecule has 130 valence electrons. The summed E-state index contributed by atoms with van der Waals surface area (Å²) < 4.78 is 67.2. The number of benzene rings is 1. The highest BCUT2D eigenvalue weighted by atomic mass is 32.2. The monoisotopic (exact) mass is 352 g/mol. The van der Waals surface area contributed by atoms with Crippen LogP contribution in [0.4, 0.5) is 13.2 Å². The Bertz CT molecular complexity index is 617. The second-order valence-electron chi connectivity index (χ2n) is 5.37. The van der Waals surface area contributed by atoms with E-state index in [1.54, 1.807) is 0 Å². The van der Waals surface area contributed by atoms with Crippen LogP contribution in [0.5, 0.6) is 5.75 Å². The molecule has 5 nitrogen and oxygen atoms in total. The molecule has 1 N–H and O–H groups in total. The predicted molar refractivity (Wildman–Crippen MR) is 78.6 cm³/mol. The Kier molecular flexibility index (Phi) is 5.53. The van der Waals surface area contributed by atoms with Gasteiger partial charge in [0.05, 0.1) is 4.90 Å². The molecule has 9 heteroatoms. The molecule has 1 aromatic carbocycles.